The van der Waals surface area contributed by atoms with Crippen LogP contribution in [0, 0.1) is 0 Å². The zero-order valence-corrected chi connectivity index (χ0v) is 18.5. The number of hydrogen-bond acceptors (Lipinski definition) is 6. The predicted molar refractivity (Wildman–Crippen MR) is 116 cm³/mol. The molecule has 1 aliphatic heterocycles. The lowest BCUT2D eigenvalue weighted by atomic mass is 10.1. The molecule has 0 atom stereocenters. The summed E-state index contributed by atoms with van der Waals surface area (Å²) < 4.78 is 34.3. The molecule has 1 heterocycles. The number of methoxy groups -OCH3 is 1. The number of halogens is 1. The molecule has 3 rings (SSSR count). The third-order valence-electron chi connectivity index (χ3n) is 4.66. The van der Waals surface area contributed by atoms with Gasteiger partial charge in [0.1, 0.15) is 11.5 Å². The summed E-state index contributed by atoms with van der Waals surface area (Å²) >= 11 is 6.12. The fraction of sp³-hybridized carbons (Fsp3) is 0.300. The lowest BCUT2D eigenvalue weighted by molar-refractivity contribution is -0.121. The molecule has 0 aliphatic carbocycles. The molecule has 0 spiro atoms. The first-order valence-corrected chi connectivity index (χ1v) is 11.6. The first kappa shape index (κ1) is 22.7. The van der Waals surface area contributed by atoms with Crippen LogP contribution in [0.15, 0.2) is 36.4 Å². The SMILES string of the molecule is CCS(=O)(=O)CCC(=O)NNC(=O)N1Cc2cc(OC)ccc2Oc2ccc(Cl)cc21. The van der Waals surface area contributed by atoms with E-state index in [1.807, 2.05) is 0 Å². The van der Waals surface area contributed by atoms with Crippen LogP contribution in [0.25, 0.3) is 0 Å². The number of carbonyl (C=O) groups is 2. The van der Waals surface area contributed by atoms with E-state index in [0.717, 1.165) is 0 Å². The second-order valence-corrected chi connectivity index (χ2v) is 9.65. The minimum Gasteiger partial charge on any atom is -0.497 e. The largest absolute Gasteiger partial charge is 0.497 e. The second-order valence-electron chi connectivity index (χ2n) is 6.74. The summed E-state index contributed by atoms with van der Waals surface area (Å²) in [7, 11) is -1.76. The maximum absolute atomic E-state index is 12.9. The van der Waals surface area contributed by atoms with Crippen molar-refractivity contribution >= 4 is 39.1 Å². The van der Waals surface area contributed by atoms with Crippen molar-refractivity contribution in [1.82, 2.24) is 10.9 Å². The molecule has 11 heteroatoms. The first-order valence-electron chi connectivity index (χ1n) is 9.43. The van der Waals surface area contributed by atoms with Gasteiger partial charge in [-0.1, -0.05) is 18.5 Å². The summed E-state index contributed by atoms with van der Waals surface area (Å²) in [5.74, 6) is 0.578. The van der Waals surface area contributed by atoms with E-state index in [-0.39, 0.29) is 24.5 Å². The lowest BCUT2D eigenvalue weighted by Crippen LogP contribution is -2.49. The van der Waals surface area contributed by atoms with Crippen molar-refractivity contribution in [2.75, 3.05) is 23.5 Å². The van der Waals surface area contributed by atoms with Crippen molar-refractivity contribution in [3.63, 3.8) is 0 Å². The minimum absolute atomic E-state index is 0.0547. The first-order chi connectivity index (χ1) is 14.7. The topological polar surface area (TPSA) is 114 Å². The van der Waals surface area contributed by atoms with Crippen LogP contribution in [-0.4, -0.2) is 39.0 Å². The van der Waals surface area contributed by atoms with E-state index in [2.05, 4.69) is 10.9 Å². The van der Waals surface area contributed by atoms with Crippen LogP contribution >= 0.6 is 11.6 Å². The second kappa shape index (κ2) is 9.44. The number of rotatable bonds is 5. The molecule has 0 radical (unpaired) electrons. The van der Waals surface area contributed by atoms with Gasteiger partial charge in [0.2, 0.25) is 5.91 Å². The number of amides is 3. The summed E-state index contributed by atoms with van der Waals surface area (Å²) in [6.45, 7) is 1.62. The van der Waals surface area contributed by atoms with Gasteiger partial charge in [-0.2, -0.15) is 0 Å². The lowest BCUT2D eigenvalue weighted by Gasteiger charge is -2.22. The molecule has 31 heavy (non-hydrogen) atoms. The summed E-state index contributed by atoms with van der Waals surface area (Å²) in [6.07, 6.45) is -0.262. The number of nitrogens with one attached hydrogen (secondary N) is 2. The van der Waals surface area contributed by atoms with Crippen LogP contribution in [0.1, 0.15) is 18.9 Å². The van der Waals surface area contributed by atoms with Gasteiger partial charge in [-0.05, 0) is 36.4 Å². The number of fused-ring (bicyclic) bond motifs is 2. The van der Waals surface area contributed by atoms with Crippen LogP contribution in [-0.2, 0) is 21.2 Å². The summed E-state index contributed by atoms with van der Waals surface area (Å²) in [4.78, 5) is 26.2. The highest BCUT2D eigenvalue weighted by molar-refractivity contribution is 7.91. The highest BCUT2D eigenvalue weighted by atomic mass is 35.5. The third kappa shape index (κ3) is 5.59. The van der Waals surface area contributed by atoms with E-state index in [4.69, 9.17) is 21.1 Å². The van der Waals surface area contributed by atoms with Gasteiger partial charge in [0, 0.05) is 22.8 Å². The van der Waals surface area contributed by atoms with Gasteiger partial charge in [0.05, 0.1) is 25.1 Å². The van der Waals surface area contributed by atoms with E-state index < -0.39 is 21.8 Å². The number of anilines is 1. The fourth-order valence-corrected chi connectivity index (χ4v) is 3.85. The van der Waals surface area contributed by atoms with Gasteiger partial charge in [-0.3, -0.25) is 15.1 Å². The van der Waals surface area contributed by atoms with E-state index in [9.17, 15) is 18.0 Å². The predicted octanol–water partition coefficient (Wildman–Crippen LogP) is 3.03. The summed E-state index contributed by atoms with van der Waals surface area (Å²) in [6, 6.07) is 9.45. The Morgan fingerprint density at radius 3 is 2.61 bits per heavy atom. The Morgan fingerprint density at radius 1 is 1.16 bits per heavy atom. The monoisotopic (exact) mass is 467 g/mol. The third-order valence-corrected chi connectivity index (χ3v) is 6.60. The smallest absolute Gasteiger partial charge is 0.341 e. The minimum atomic E-state index is -3.29. The molecule has 2 aromatic rings. The Balaban J connectivity index is 1.80. The molecule has 0 saturated carbocycles. The molecule has 0 fully saturated rings. The number of benzene rings is 2. The molecule has 166 valence electrons. The van der Waals surface area contributed by atoms with Crippen molar-refractivity contribution < 1.29 is 27.5 Å². The van der Waals surface area contributed by atoms with Crippen molar-refractivity contribution in [2.24, 2.45) is 0 Å². The molecule has 2 aromatic carbocycles. The molecule has 1 aliphatic rings. The van der Waals surface area contributed by atoms with Crippen molar-refractivity contribution in [3.05, 3.63) is 47.0 Å². The highest BCUT2D eigenvalue weighted by Crippen LogP contribution is 2.41. The van der Waals surface area contributed by atoms with Crippen LogP contribution in [0.2, 0.25) is 5.02 Å². The molecule has 0 aromatic heterocycles. The molecule has 2 N–H and O–H groups in total. The Kier molecular flexibility index (Phi) is 6.91. The van der Waals surface area contributed by atoms with Crippen LogP contribution in [0.4, 0.5) is 10.5 Å². The van der Waals surface area contributed by atoms with Crippen LogP contribution in [0.3, 0.4) is 0 Å². The molecule has 0 unspecified atom stereocenters. The van der Waals surface area contributed by atoms with E-state index in [1.54, 1.807) is 36.4 Å². The van der Waals surface area contributed by atoms with Gasteiger partial charge in [-0.25, -0.2) is 18.6 Å². The quantitative estimate of drug-likeness (QED) is 0.653. The van der Waals surface area contributed by atoms with Crippen LogP contribution < -0.4 is 25.2 Å². The number of urea groups is 1. The fourth-order valence-electron chi connectivity index (χ4n) is 2.89. The number of sulfone groups is 1. The number of ether oxygens (including phenoxy) is 2. The van der Waals surface area contributed by atoms with Crippen molar-refractivity contribution in [2.45, 2.75) is 19.9 Å². The molecular formula is C20H22ClN3O6S. The van der Waals surface area contributed by atoms with Gasteiger partial charge >= 0.3 is 6.03 Å². The van der Waals surface area contributed by atoms with Gasteiger partial charge in [0.15, 0.2) is 15.6 Å². The Labute approximate surface area is 185 Å². The molecule has 0 bridgehead atoms. The highest BCUT2D eigenvalue weighted by Gasteiger charge is 2.26. The number of hydrogen-bond donors (Lipinski definition) is 2. The van der Waals surface area contributed by atoms with Gasteiger partial charge < -0.3 is 9.47 Å². The maximum Gasteiger partial charge on any atom is 0.341 e. The van der Waals surface area contributed by atoms with Gasteiger partial charge in [0.25, 0.3) is 0 Å². The Morgan fingerprint density at radius 2 is 1.90 bits per heavy atom. The van der Waals surface area contributed by atoms with E-state index >= 15 is 0 Å². The van der Waals surface area contributed by atoms with Crippen LogP contribution in [0.5, 0.6) is 17.2 Å². The average Bonchev–Trinajstić information content (AvgIpc) is 2.92. The van der Waals surface area contributed by atoms with Crippen molar-refractivity contribution in [1.29, 1.82) is 0 Å². The van der Waals surface area contributed by atoms with Gasteiger partial charge in [-0.15, -0.1) is 0 Å². The summed E-state index contributed by atoms with van der Waals surface area (Å²) in [5, 5.41) is 0.400. The maximum atomic E-state index is 12.9. The Bertz CT molecular complexity index is 1110. The normalized spacial score (nSPS) is 12.7. The van der Waals surface area contributed by atoms with Crippen molar-refractivity contribution in [3.8, 4) is 17.2 Å². The standard InChI is InChI=1S/C20H22ClN3O6S/c1-3-31(27,28)9-8-19(25)22-23-20(26)24-12-13-10-15(29-2)5-7-17(13)30-18-6-4-14(21)11-16(18)24/h4-7,10-11H,3,8-9,12H2,1-2H3,(H,22,25)(H,23,26). The van der Waals surface area contributed by atoms with E-state index in [0.29, 0.717) is 33.5 Å². The summed E-state index contributed by atoms with van der Waals surface area (Å²) in [5.41, 5.74) is 5.65. The molecule has 3 amide bonds. The molecule has 0 saturated heterocycles. The zero-order valence-electron chi connectivity index (χ0n) is 17.0. The zero-order chi connectivity index (χ0) is 22.6. The molecule has 9 nitrogen and oxygen atoms in total. The number of carbonyl (C=O) groups excluding carboxylic acids is 2. The molecular weight excluding hydrogens is 446 g/mol. The van der Waals surface area contributed by atoms with E-state index in [1.165, 1.54) is 18.9 Å². The average molecular weight is 468 g/mol. The number of hydrazine groups is 1. The number of nitrogens with zero attached hydrogens (tertiary/aromatic N) is 1. The Hall–Kier alpha value is -2.98.